The largest absolute Gasteiger partial charge is 0.358 e. The van der Waals surface area contributed by atoms with Gasteiger partial charge in [0.05, 0.1) is 23.8 Å². The fraction of sp³-hybridized carbons (Fsp3) is 0.400. The van der Waals surface area contributed by atoms with Gasteiger partial charge >= 0.3 is 0 Å². The molecule has 0 radical (unpaired) electrons. The van der Waals surface area contributed by atoms with Gasteiger partial charge < -0.3 is 15.5 Å². The standard InChI is InChI=1S/C15H20N4O2S/c1-10(15-18-11-6-4-5-7-12(11)22-15)19(3)9-14(21)17-8-13(20)16-2/h4-7,10H,8-9H2,1-3H3,(H,16,20)(H,17,21)/p+1/t10-/m1/s1. The van der Waals surface area contributed by atoms with Crippen molar-refractivity contribution in [3.63, 3.8) is 0 Å². The summed E-state index contributed by atoms with van der Waals surface area (Å²) in [6.07, 6.45) is 0. The Kier molecular flexibility index (Phi) is 5.46. The topological polar surface area (TPSA) is 75.5 Å². The number of thiazole rings is 1. The van der Waals surface area contributed by atoms with Crippen LogP contribution in [0, 0.1) is 0 Å². The molecule has 0 aliphatic rings. The van der Waals surface area contributed by atoms with Crippen LogP contribution in [-0.4, -0.2) is 44.0 Å². The van der Waals surface area contributed by atoms with E-state index >= 15 is 0 Å². The summed E-state index contributed by atoms with van der Waals surface area (Å²) in [6.45, 7) is 2.37. The quantitative estimate of drug-likeness (QED) is 0.686. The van der Waals surface area contributed by atoms with Crippen LogP contribution in [0.15, 0.2) is 24.3 Å². The van der Waals surface area contributed by atoms with E-state index in [-0.39, 0.29) is 24.4 Å². The first-order chi connectivity index (χ1) is 10.5. The Bertz CT molecular complexity index is 637. The van der Waals surface area contributed by atoms with Gasteiger partial charge in [-0.3, -0.25) is 9.59 Å². The first-order valence-electron chi connectivity index (χ1n) is 7.16. The van der Waals surface area contributed by atoms with Gasteiger partial charge in [0.1, 0.15) is 6.04 Å². The molecule has 118 valence electrons. The molecule has 2 rings (SSSR count). The maximum absolute atomic E-state index is 11.9. The zero-order chi connectivity index (χ0) is 16.1. The minimum Gasteiger partial charge on any atom is -0.358 e. The Morgan fingerprint density at radius 1 is 1.32 bits per heavy atom. The van der Waals surface area contributed by atoms with E-state index in [1.54, 1.807) is 18.4 Å². The molecule has 3 N–H and O–H groups in total. The normalized spacial score (nSPS) is 13.6. The van der Waals surface area contributed by atoms with Crippen molar-refractivity contribution in [1.82, 2.24) is 15.6 Å². The molecule has 2 aromatic rings. The minimum absolute atomic E-state index is 0.0120. The minimum atomic E-state index is -0.203. The van der Waals surface area contributed by atoms with Crippen LogP contribution in [0.1, 0.15) is 18.0 Å². The predicted octanol–water partition coefficient (Wildman–Crippen LogP) is -0.266. The molecule has 2 atom stereocenters. The number of carbonyl (C=O) groups is 2. The van der Waals surface area contributed by atoms with Crippen molar-refractivity contribution in [3.8, 4) is 0 Å². The molecule has 0 aliphatic carbocycles. The highest BCUT2D eigenvalue weighted by atomic mass is 32.1. The Morgan fingerprint density at radius 3 is 2.73 bits per heavy atom. The fourth-order valence-electron chi connectivity index (χ4n) is 2.02. The van der Waals surface area contributed by atoms with Gasteiger partial charge in [-0.25, -0.2) is 4.98 Å². The number of hydrogen-bond donors (Lipinski definition) is 3. The van der Waals surface area contributed by atoms with Crippen molar-refractivity contribution in [1.29, 1.82) is 0 Å². The molecule has 0 aliphatic heterocycles. The summed E-state index contributed by atoms with van der Waals surface area (Å²) in [5.74, 6) is -0.348. The summed E-state index contributed by atoms with van der Waals surface area (Å²) in [5.41, 5.74) is 0.992. The molecule has 1 aromatic carbocycles. The lowest BCUT2D eigenvalue weighted by Crippen LogP contribution is -3.10. The molecule has 22 heavy (non-hydrogen) atoms. The number of nitrogens with one attached hydrogen (secondary N) is 3. The molecular weight excluding hydrogens is 300 g/mol. The van der Waals surface area contributed by atoms with Gasteiger partial charge in [-0.1, -0.05) is 12.1 Å². The van der Waals surface area contributed by atoms with Gasteiger partial charge in [0.2, 0.25) is 5.91 Å². The lowest BCUT2D eigenvalue weighted by Gasteiger charge is -2.19. The van der Waals surface area contributed by atoms with Gasteiger partial charge in [0.25, 0.3) is 5.91 Å². The second-order valence-electron chi connectivity index (χ2n) is 5.21. The fourth-order valence-corrected chi connectivity index (χ4v) is 3.13. The molecule has 2 amide bonds. The number of likely N-dealkylation sites (N-methyl/N-ethyl adjacent to an activating group) is 2. The lowest BCUT2D eigenvalue weighted by atomic mass is 10.3. The Hall–Kier alpha value is -1.99. The van der Waals surface area contributed by atoms with Crippen LogP contribution >= 0.6 is 11.3 Å². The molecule has 1 aromatic heterocycles. The van der Waals surface area contributed by atoms with E-state index in [1.807, 2.05) is 25.2 Å². The molecule has 0 fully saturated rings. The van der Waals surface area contributed by atoms with Crippen molar-refractivity contribution < 1.29 is 14.5 Å². The SMILES string of the molecule is CNC(=O)CNC(=O)C[NH+](C)[C@H](C)c1nc2ccccc2s1. The first kappa shape index (κ1) is 16.4. The number of nitrogens with zero attached hydrogens (tertiary/aromatic N) is 1. The van der Waals surface area contributed by atoms with Crippen molar-refractivity contribution in [2.24, 2.45) is 0 Å². The predicted molar refractivity (Wildman–Crippen MR) is 86.9 cm³/mol. The van der Waals surface area contributed by atoms with Gasteiger partial charge in [-0.05, 0) is 19.1 Å². The molecule has 0 saturated carbocycles. The summed E-state index contributed by atoms with van der Waals surface area (Å²) in [7, 11) is 3.50. The van der Waals surface area contributed by atoms with E-state index in [0.29, 0.717) is 6.54 Å². The number of aromatic nitrogens is 1. The third-order valence-corrected chi connectivity index (χ3v) is 4.80. The Labute approximate surface area is 133 Å². The number of hydrogen-bond acceptors (Lipinski definition) is 4. The lowest BCUT2D eigenvalue weighted by molar-refractivity contribution is -0.902. The smallest absolute Gasteiger partial charge is 0.275 e. The molecular formula is C15H21N4O2S+. The third kappa shape index (κ3) is 4.02. The van der Waals surface area contributed by atoms with Crippen LogP contribution in [-0.2, 0) is 9.59 Å². The molecule has 0 saturated heterocycles. The highest BCUT2D eigenvalue weighted by Gasteiger charge is 2.22. The van der Waals surface area contributed by atoms with Gasteiger partial charge in [-0.2, -0.15) is 0 Å². The molecule has 7 heteroatoms. The number of carbonyl (C=O) groups excluding carboxylic acids is 2. The Morgan fingerprint density at radius 2 is 2.05 bits per heavy atom. The monoisotopic (exact) mass is 321 g/mol. The number of para-hydroxylation sites is 1. The van der Waals surface area contributed by atoms with E-state index in [4.69, 9.17) is 0 Å². The average Bonchev–Trinajstić information content (AvgIpc) is 2.95. The number of rotatable bonds is 6. The molecule has 0 spiro atoms. The van der Waals surface area contributed by atoms with Crippen LogP contribution in [0.25, 0.3) is 10.2 Å². The van der Waals surface area contributed by atoms with Crippen LogP contribution in [0.5, 0.6) is 0 Å². The molecule has 0 bridgehead atoms. The molecule has 6 nitrogen and oxygen atoms in total. The van der Waals surface area contributed by atoms with Crippen LogP contribution in [0.4, 0.5) is 0 Å². The maximum Gasteiger partial charge on any atom is 0.275 e. The summed E-state index contributed by atoms with van der Waals surface area (Å²) >= 11 is 1.65. The summed E-state index contributed by atoms with van der Waals surface area (Å²) in [4.78, 5) is 28.6. The summed E-state index contributed by atoms with van der Waals surface area (Å²) in [6, 6.07) is 8.13. The van der Waals surface area contributed by atoms with Crippen molar-refractivity contribution >= 4 is 33.4 Å². The number of amides is 2. The second-order valence-corrected chi connectivity index (χ2v) is 6.28. The van der Waals surface area contributed by atoms with Gasteiger partial charge in [0.15, 0.2) is 11.6 Å². The number of benzene rings is 1. The zero-order valence-electron chi connectivity index (χ0n) is 13.0. The first-order valence-corrected chi connectivity index (χ1v) is 7.98. The average molecular weight is 321 g/mol. The van der Waals surface area contributed by atoms with E-state index in [9.17, 15) is 9.59 Å². The van der Waals surface area contributed by atoms with Gasteiger partial charge in [0, 0.05) is 7.05 Å². The third-order valence-electron chi connectivity index (χ3n) is 3.58. The van der Waals surface area contributed by atoms with Crippen molar-refractivity contribution in [2.75, 3.05) is 27.2 Å². The Balaban J connectivity index is 1.95. The molecule has 1 heterocycles. The van der Waals surface area contributed by atoms with E-state index in [0.717, 1.165) is 20.1 Å². The number of quaternary nitrogens is 1. The van der Waals surface area contributed by atoms with Gasteiger partial charge in [-0.15, -0.1) is 11.3 Å². The zero-order valence-corrected chi connectivity index (χ0v) is 13.8. The van der Waals surface area contributed by atoms with E-state index < -0.39 is 0 Å². The maximum atomic E-state index is 11.9. The molecule has 1 unspecified atom stereocenters. The van der Waals surface area contributed by atoms with Crippen molar-refractivity contribution in [3.05, 3.63) is 29.3 Å². The van der Waals surface area contributed by atoms with Crippen LogP contribution in [0.3, 0.4) is 0 Å². The summed E-state index contributed by atoms with van der Waals surface area (Å²) in [5, 5.41) is 6.09. The number of fused-ring (bicyclic) bond motifs is 1. The van der Waals surface area contributed by atoms with E-state index in [1.165, 1.54) is 0 Å². The highest BCUT2D eigenvalue weighted by molar-refractivity contribution is 7.18. The summed E-state index contributed by atoms with van der Waals surface area (Å²) < 4.78 is 1.15. The van der Waals surface area contributed by atoms with Crippen LogP contribution < -0.4 is 15.5 Å². The van der Waals surface area contributed by atoms with E-state index in [2.05, 4.69) is 28.6 Å². The van der Waals surface area contributed by atoms with Crippen molar-refractivity contribution in [2.45, 2.75) is 13.0 Å². The second kappa shape index (κ2) is 7.33. The highest BCUT2D eigenvalue weighted by Crippen LogP contribution is 2.24. The van der Waals surface area contributed by atoms with Crippen LogP contribution in [0.2, 0.25) is 0 Å².